The number of amides is 1. The summed E-state index contributed by atoms with van der Waals surface area (Å²) in [7, 11) is 1.64. The standard InChI is InChI=1S/C17H21N3O3/c1-22-8-7-15-18-16(23-19-15)12-20-11-14(10-17(20)21)9-13-5-3-2-4-6-13/h2-6,14H,7-12H2,1H3/t14-/m1/s1. The third-order valence-corrected chi connectivity index (χ3v) is 4.03. The Morgan fingerprint density at radius 3 is 2.96 bits per heavy atom. The molecule has 1 fully saturated rings. The first-order chi connectivity index (χ1) is 11.2. The van der Waals surface area contributed by atoms with Gasteiger partial charge in [0.1, 0.15) is 0 Å². The Hall–Kier alpha value is -2.21. The van der Waals surface area contributed by atoms with E-state index >= 15 is 0 Å². The van der Waals surface area contributed by atoms with Crippen LogP contribution in [0.15, 0.2) is 34.9 Å². The summed E-state index contributed by atoms with van der Waals surface area (Å²) in [5.41, 5.74) is 1.27. The molecule has 0 unspecified atom stereocenters. The largest absolute Gasteiger partial charge is 0.384 e. The van der Waals surface area contributed by atoms with Crippen molar-refractivity contribution in [3.63, 3.8) is 0 Å². The maximum Gasteiger partial charge on any atom is 0.246 e. The molecule has 0 saturated carbocycles. The van der Waals surface area contributed by atoms with Crippen LogP contribution in [0.3, 0.4) is 0 Å². The molecule has 1 atom stereocenters. The lowest BCUT2D eigenvalue weighted by molar-refractivity contribution is -0.128. The van der Waals surface area contributed by atoms with Gasteiger partial charge in [-0.15, -0.1) is 0 Å². The molecule has 3 rings (SSSR count). The second-order valence-electron chi connectivity index (χ2n) is 5.88. The predicted octanol–water partition coefficient (Wildman–Crippen LogP) is 1.85. The normalized spacial score (nSPS) is 17.9. The van der Waals surface area contributed by atoms with Crippen LogP contribution in [0.5, 0.6) is 0 Å². The van der Waals surface area contributed by atoms with Gasteiger partial charge < -0.3 is 14.2 Å². The van der Waals surface area contributed by atoms with Crippen molar-refractivity contribution in [1.29, 1.82) is 0 Å². The van der Waals surface area contributed by atoms with Crippen molar-refractivity contribution in [2.24, 2.45) is 5.92 Å². The number of benzene rings is 1. The fourth-order valence-corrected chi connectivity index (χ4v) is 2.90. The van der Waals surface area contributed by atoms with Gasteiger partial charge >= 0.3 is 0 Å². The van der Waals surface area contributed by atoms with Crippen molar-refractivity contribution in [2.75, 3.05) is 20.3 Å². The van der Waals surface area contributed by atoms with Crippen molar-refractivity contribution in [3.05, 3.63) is 47.6 Å². The minimum Gasteiger partial charge on any atom is -0.384 e. The van der Waals surface area contributed by atoms with Gasteiger partial charge in [-0.2, -0.15) is 4.98 Å². The highest BCUT2D eigenvalue weighted by atomic mass is 16.5. The van der Waals surface area contributed by atoms with Crippen LogP contribution in [0.2, 0.25) is 0 Å². The van der Waals surface area contributed by atoms with Crippen LogP contribution in [0, 0.1) is 5.92 Å². The van der Waals surface area contributed by atoms with E-state index < -0.39 is 0 Å². The fraction of sp³-hybridized carbons (Fsp3) is 0.471. The predicted molar refractivity (Wildman–Crippen MR) is 83.5 cm³/mol. The summed E-state index contributed by atoms with van der Waals surface area (Å²) >= 11 is 0. The molecular weight excluding hydrogens is 294 g/mol. The van der Waals surface area contributed by atoms with Crippen molar-refractivity contribution in [1.82, 2.24) is 15.0 Å². The number of ether oxygens (including phenoxy) is 1. The van der Waals surface area contributed by atoms with E-state index in [-0.39, 0.29) is 5.91 Å². The Kier molecular flexibility index (Phi) is 5.02. The summed E-state index contributed by atoms with van der Waals surface area (Å²) in [6, 6.07) is 10.3. The Bertz CT molecular complexity index is 642. The van der Waals surface area contributed by atoms with Crippen LogP contribution in [0.4, 0.5) is 0 Å². The second kappa shape index (κ2) is 7.37. The maximum atomic E-state index is 12.2. The number of aromatic nitrogens is 2. The molecule has 1 aromatic carbocycles. The molecule has 6 heteroatoms. The molecule has 6 nitrogen and oxygen atoms in total. The maximum absolute atomic E-state index is 12.2. The van der Waals surface area contributed by atoms with Crippen LogP contribution >= 0.6 is 0 Å². The molecule has 0 bridgehead atoms. The van der Waals surface area contributed by atoms with E-state index in [1.165, 1.54) is 5.56 Å². The number of likely N-dealkylation sites (tertiary alicyclic amines) is 1. The monoisotopic (exact) mass is 315 g/mol. The molecule has 1 aromatic heterocycles. The van der Waals surface area contributed by atoms with Crippen molar-refractivity contribution < 1.29 is 14.1 Å². The van der Waals surface area contributed by atoms with Gasteiger partial charge in [-0.3, -0.25) is 4.79 Å². The second-order valence-corrected chi connectivity index (χ2v) is 5.88. The first-order valence-corrected chi connectivity index (χ1v) is 7.86. The Morgan fingerprint density at radius 2 is 2.17 bits per heavy atom. The minimum absolute atomic E-state index is 0.155. The molecule has 0 aliphatic carbocycles. The highest BCUT2D eigenvalue weighted by Crippen LogP contribution is 2.23. The van der Waals surface area contributed by atoms with Crippen LogP contribution in [0.1, 0.15) is 23.7 Å². The highest BCUT2D eigenvalue weighted by Gasteiger charge is 2.30. The average molecular weight is 315 g/mol. The summed E-state index contributed by atoms with van der Waals surface area (Å²) in [6.45, 7) is 1.69. The molecule has 1 aliphatic rings. The summed E-state index contributed by atoms with van der Waals surface area (Å²) in [6.07, 6.45) is 2.12. The zero-order valence-electron chi connectivity index (χ0n) is 13.3. The first kappa shape index (κ1) is 15.7. The molecule has 1 amide bonds. The number of carbonyl (C=O) groups is 1. The van der Waals surface area contributed by atoms with Gasteiger partial charge in [-0.05, 0) is 17.9 Å². The van der Waals surface area contributed by atoms with E-state index in [0.29, 0.717) is 43.6 Å². The fourth-order valence-electron chi connectivity index (χ4n) is 2.90. The quantitative estimate of drug-likeness (QED) is 0.780. The lowest BCUT2D eigenvalue weighted by atomic mass is 9.99. The van der Waals surface area contributed by atoms with Gasteiger partial charge in [0, 0.05) is 26.5 Å². The molecule has 1 saturated heterocycles. The third kappa shape index (κ3) is 4.16. The van der Waals surface area contributed by atoms with Gasteiger partial charge in [-0.1, -0.05) is 35.5 Å². The van der Waals surface area contributed by atoms with Crippen molar-refractivity contribution >= 4 is 5.91 Å². The zero-order chi connectivity index (χ0) is 16.1. The van der Waals surface area contributed by atoms with Gasteiger partial charge in [-0.25, -0.2) is 0 Å². The lowest BCUT2D eigenvalue weighted by Gasteiger charge is -2.14. The Labute approximate surface area is 135 Å². The minimum atomic E-state index is 0.155. The van der Waals surface area contributed by atoms with Crippen LogP contribution < -0.4 is 0 Å². The third-order valence-electron chi connectivity index (χ3n) is 4.03. The number of rotatable bonds is 7. The van der Waals surface area contributed by atoms with E-state index in [1.807, 2.05) is 18.2 Å². The van der Waals surface area contributed by atoms with Crippen LogP contribution in [0.25, 0.3) is 0 Å². The van der Waals surface area contributed by atoms with Crippen LogP contribution in [-0.2, 0) is 28.9 Å². The van der Waals surface area contributed by atoms with Crippen LogP contribution in [-0.4, -0.2) is 41.2 Å². The summed E-state index contributed by atoms with van der Waals surface area (Å²) in [5, 5.41) is 3.90. The van der Waals surface area contributed by atoms with Gasteiger partial charge in [0.15, 0.2) is 5.82 Å². The zero-order valence-corrected chi connectivity index (χ0v) is 13.3. The highest BCUT2D eigenvalue weighted by molar-refractivity contribution is 5.78. The molecule has 0 N–H and O–H groups in total. The van der Waals surface area contributed by atoms with Crippen molar-refractivity contribution in [2.45, 2.75) is 25.8 Å². The number of nitrogens with zero attached hydrogens (tertiary/aromatic N) is 3. The summed E-state index contributed by atoms with van der Waals surface area (Å²) in [5.74, 6) is 1.61. The molecular formula is C17H21N3O3. The number of hydrogen-bond donors (Lipinski definition) is 0. The Balaban J connectivity index is 1.54. The van der Waals surface area contributed by atoms with E-state index in [2.05, 4.69) is 22.3 Å². The number of hydrogen-bond acceptors (Lipinski definition) is 5. The topological polar surface area (TPSA) is 68.5 Å². The first-order valence-electron chi connectivity index (χ1n) is 7.86. The molecule has 2 aromatic rings. The molecule has 23 heavy (non-hydrogen) atoms. The van der Waals surface area contributed by atoms with Gasteiger partial charge in [0.25, 0.3) is 0 Å². The summed E-state index contributed by atoms with van der Waals surface area (Å²) in [4.78, 5) is 18.3. The van der Waals surface area contributed by atoms with E-state index in [9.17, 15) is 4.79 Å². The Morgan fingerprint density at radius 1 is 1.35 bits per heavy atom. The van der Waals surface area contributed by atoms with E-state index in [0.717, 1.165) is 13.0 Å². The summed E-state index contributed by atoms with van der Waals surface area (Å²) < 4.78 is 10.2. The molecule has 2 heterocycles. The van der Waals surface area contributed by atoms with E-state index in [4.69, 9.17) is 9.26 Å². The average Bonchev–Trinajstić information content (AvgIpc) is 3.14. The van der Waals surface area contributed by atoms with Crippen molar-refractivity contribution in [3.8, 4) is 0 Å². The number of methoxy groups -OCH3 is 1. The lowest BCUT2D eigenvalue weighted by Crippen LogP contribution is -2.25. The van der Waals surface area contributed by atoms with E-state index in [1.54, 1.807) is 12.0 Å². The molecule has 1 aliphatic heterocycles. The van der Waals surface area contributed by atoms with Gasteiger partial charge in [0.05, 0.1) is 13.2 Å². The smallest absolute Gasteiger partial charge is 0.246 e. The molecule has 0 radical (unpaired) electrons. The van der Waals surface area contributed by atoms with Gasteiger partial charge in [0.2, 0.25) is 11.8 Å². The molecule has 0 spiro atoms. The number of carbonyl (C=O) groups excluding carboxylic acids is 1. The molecule has 122 valence electrons. The SMILES string of the molecule is COCCc1noc(CN2C[C@H](Cc3ccccc3)CC2=O)n1.